The van der Waals surface area contributed by atoms with E-state index in [-0.39, 0.29) is 18.4 Å². The Kier molecular flexibility index (Phi) is 5.23. The molecule has 0 fully saturated rings. The summed E-state index contributed by atoms with van der Waals surface area (Å²) in [5.74, 6) is -0.148. The van der Waals surface area contributed by atoms with Gasteiger partial charge in [0.15, 0.2) is 5.82 Å². The molecule has 8 nitrogen and oxygen atoms in total. The third-order valence-corrected chi connectivity index (χ3v) is 3.76. The number of halogens is 1. The second kappa shape index (κ2) is 7.75. The van der Waals surface area contributed by atoms with Crippen molar-refractivity contribution < 1.29 is 9.59 Å². The molecule has 0 aliphatic rings. The van der Waals surface area contributed by atoms with Crippen molar-refractivity contribution in [3.8, 4) is 11.4 Å². The van der Waals surface area contributed by atoms with Crippen molar-refractivity contribution in [3.63, 3.8) is 0 Å². The van der Waals surface area contributed by atoms with Gasteiger partial charge in [-0.1, -0.05) is 29.8 Å². The number of hydrogen-bond acceptors (Lipinski definition) is 5. The van der Waals surface area contributed by atoms with Gasteiger partial charge >= 0.3 is 0 Å². The minimum Gasteiger partial charge on any atom is -0.343 e. The molecule has 3 aromatic rings. The van der Waals surface area contributed by atoms with Gasteiger partial charge in [0.05, 0.1) is 6.54 Å². The maximum atomic E-state index is 12.1. The number of aryl methyl sites for hydroxylation is 1. The van der Waals surface area contributed by atoms with E-state index < -0.39 is 0 Å². The van der Waals surface area contributed by atoms with Gasteiger partial charge in [-0.3, -0.25) is 9.59 Å². The van der Waals surface area contributed by atoms with Crippen LogP contribution < -0.4 is 10.6 Å². The van der Waals surface area contributed by atoms with Gasteiger partial charge in [0, 0.05) is 28.9 Å². The number of carbonyl (C=O) groups excluding carboxylic acids is 2. The Morgan fingerprint density at radius 1 is 1.15 bits per heavy atom. The van der Waals surface area contributed by atoms with Gasteiger partial charge in [-0.05, 0) is 40.8 Å². The van der Waals surface area contributed by atoms with E-state index in [0.29, 0.717) is 22.1 Å². The summed E-state index contributed by atoms with van der Waals surface area (Å²) in [6.45, 7) is -0.166. The molecule has 3 rings (SSSR count). The lowest BCUT2D eigenvalue weighted by Gasteiger charge is -2.08. The maximum absolute atomic E-state index is 12.1. The van der Waals surface area contributed by atoms with Crippen molar-refractivity contribution in [1.29, 1.82) is 0 Å². The van der Waals surface area contributed by atoms with Crippen molar-refractivity contribution in [2.24, 2.45) is 7.05 Å². The van der Waals surface area contributed by atoms with Crippen LogP contribution in [0, 0.1) is 0 Å². The highest BCUT2D eigenvalue weighted by Gasteiger charge is 2.10. The van der Waals surface area contributed by atoms with Gasteiger partial charge in [0.2, 0.25) is 5.91 Å². The number of aromatic nitrogens is 4. The number of benzene rings is 2. The monoisotopic (exact) mass is 370 g/mol. The fraction of sp³-hybridized carbons (Fsp3) is 0.118. The molecule has 1 heterocycles. The Morgan fingerprint density at radius 2 is 1.96 bits per heavy atom. The van der Waals surface area contributed by atoms with Gasteiger partial charge < -0.3 is 10.6 Å². The van der Waals surface area contributed by atoms with Gasteiger partial charge in [0.25, 0.3) is 5.91 Å². The molecule has 0 bridgehead atoms. The second-order valence-electron chi connectivity index (χ2n) is 5.45. The van der Waals surface area contributed by atoms with E-state index in [1.807, 2.05) is 6.07 Å². The lowest BCUT2D eigenvalue weighted by Crippen LogP contribution is -2.32. The molecule has 0 unspecified atom stereocenters. The number of carbonyl (C=O) groups is 2. The van der Waals surface area contributed by atoms with Crippen LogP contribution >= 0.6 is 11.6 Å². The lowest BCUT2D eigenvalue weighted by atomic mass is 10.2. The molecule has 0 spiro atoms. The van der Waals surface area contributed by atoms with E-state index in [4.69, 9.17) is 11.6 Å². The summed E-state index contributed by atoms with van der Waals surface area (Å²) in [7, 11) is 1.73. The predicted octanol–water partition coefficient (Wildman–Crippen LogP) is 1.90. The smallest absolute Gasteiger partial charge is 0.251 e. The van der Waals surface area contributed by atoms with E-state index in [9.17, 15) is 9.59 Å². The van der Waals surface area contributed by atoms with Crippen LogP contribution in [-0.2, 0) is 11.8 Å². The first kappa shape index (κ1) is 17.6. The molecule has 26 heavy (non-hydrogen) atoms. The molecule has 0 atom stereocenters. The summed E-state index contributed by atoms with van der Waals surface area (Å²) in [6.07, 6.45) is 0. The molecule has 0 saturated heterocycles. The molecular weight excluding hydrogens is 356 g/mol. The molecule has 2 N–H and O–H groups in total. The molecule has 0 radical (unpaired) electrons. The molecule has 132 valence electrons. The number of nitrogens with zero attached hydrogens (tertiary/aromatic N) is 4. The Bertz CT molecular complexity index is 956. The van der Waals surface area contributed by atoms with Crippen LogP contribution in [0.3, 0.4) is 0 Å². The number of nitrogens with one attached hydrogen (secondary N) is 2. The first-order chi connectivity index (χ1) is 12.5. The maximum Gasteiger partial charge on any atom is 0.251 e. The molecule has 2 amide bonds. The standard InChI is InChI=1S/C17H15ClN6O2/c1-24-16(21-22-23-24)11-4-3-7-14(9-11)20-15(25)10-19-17(26)12-5-2-6-13(18)8-12/h2-9H,10H2,1H3,(H,19,26)(H,20,25). The Morgan fingerprint density at radius 3 is 2.69 bits per heavy atom. The van der Waals surface area contributed by atoms with E-state index >= 15 is 0 Å². The Hall–Kier alpha value is -3.26. The van der Waals surface area contributed by atoms with E-state index in [1.165, 1.54) is 10.7 Å². The third kappa shape index (κ3) is 4.22. The lowest BCUT2D eigenvalue weighted by molar-refractivity contribution is -0.115. The van der Waals surface area contributed by atoms with E-state index in [2.05, 4.69) is 26.2 Å². The topological polar surface area (TPSA) is 102 Å². The fourth-order valence-electron chi connectivity index (χ4n) is 2.31. The van der Waals surface area contributed by atoms with Gasteiger partial charge in [0.1, 0.15) is 0 Å². The number of amides is 2. The zero-order valence-electron chi connectivity index (χ0n) is 13.8. The zero-order chi connectivity index (χ0) is 18.5. The zero-order valence-corrected chi connectivity index (χ0v) is 14.6. The molecule has 1 aromatic heterocycles. The van der Waals surface area contributed by atoms with Crippen LogP contribution in [0.2, 0.25) is 5.02 Å². The highest BCUT2D eigenvalue weighted by Crippen LogP contribution is 2.19. The summed E-state index contributed by atoms with van der Waals surface area (Å²) in [5.41, 5.74) is 1.73. The summed E-state index contributed by atoms with van der Waals surface area (Å²) in [6, 6.07) is 13.6. The number of hydrogen-bond donors (Lipinski definition) is 2. The van der Waals surface area contributed by atoms with Crippen LogP contribution in [0.4, 0.5) is 5.69 Å². The number of anilines is 1. The first-order valence-electron chi connectivity index (χ1n) is 7.69. The van der Waals surface area contributed by atoms with Gasteiger partial charge in [-0.25, -0.2) is 4.68 Å². The van der Waals surface area contributed by atoms with Crippen molar-refractivity contribution in [3.05, 3.63) is 59.1 Å². The van der Waals surface area contributed by atoms with E-state index in [1.54, 1.807) is 43.4 Å². The summed E-state index contributed by atoms with van der Waals surface area (Å²) < 4.78 is 1.53. The van der Waals surface area contributed by atoms with Crippen LogP contribution in [0.15, 0.2) is 48.5 Å². The Balaban J connectivity index is 1.60. The number of tetrazole rings is 1. The average molecular weight is 371 g/mol. The normalized spacial score (nSPS) is 10.4. The molecule has 0 saturated carbocycles. The van der Waals surface area contributed by atoms with Crippen LogP contribution in [0.25, 0.3) is 11.4 Å². The Labute approximate surface area is 154 Å². The number of rotatable bonds is 5. The first-order valence-corrected chi connectivity index (χ1v) is 8.07. The minimum absolute atomic E-state index is 0.166. The fourth-order valence-corrected chi connectivity index (χ4v) is 2.50. The molecular formula is C17H15ClN6O2. The van der Waals surface area contributed by atoms with Crippen LogP contribution in [0.5, 0.6) is 0 Å². The summed E-state index contributed by atoms with van der Waals surface area (Å²) >= 11 is 5.85. The van der Waals surface area contributed by atoms with Gasteiger partial charge in [-0.15, -0.1) is 5.10 Å². The summed E-state index contributed by atoms with van der Waals surface area (Å²) in [4.78, 5) is 24.1. The van der Waals surface area contributed by atoms with Crippen LogP contribution in [0.1, 0.15) is 10.4 Å². The van der Waals surface area contributed by atoms with Crippen molar-refractivity contribution in [1.82, 2.24) is 25.5 Å². The minimum atomic E-state index is -0.374. The molecule has 0 aliphatic carbocycles. The summed E-state index contributed by atoms with van der Waals surface area (Å²) in [5, 5.41) is 17.0. The predicted molar refractivity (Wildman–Crippen MR) is 96.6 cm³/mol. The average Bonchev–Trinajstić information content (AvgIpc) is 3.06. The quantitative estimate of drug-likeness (QED) is 0.714. The molecule has 2 aromatic carbocycles. The largest absolute Gasteiger partial charge is 0.343 e. The second-order valence-corrected chi connectivity index (χ2v) is 5.88. The third-order valence-electron chi connectivity index (χ3n) is 3.52. The van der Waals surface area contributed by atoms with Crippen molar-refractivity contribution in [2.75, 3.05) is 11.9 Å². The SMILES string of the molecule is Cn1nnnc1-c1cccc(NC(=O)CNC(=O)c2cccc(Cl)c2)c1. The molecule has 0 aliphatic heterocycles. The molecule has 9 heteroatoms. The van der Waals surface area contributed by atoms with E-state index in [0.717, 1.165) is 5.56 Å². The van der Waals surface area contributed by atoms with Crippen molar-refractivity contribution >= 4 is 29.1 Å². The highest BCUT2D eigenvalue weighted by atomic mass is 35.5. The highest BCUT2D eigenvalue weighted by molar-refractivity contribution is 6.31. The van der Waals surface area contributed by atoms with Gasteiger partial charge in [-0.2, -0.15) is 0 Å². The van der Waals surface area contributed by atoms with Crippen molar-refractivity contribution in [2.45, 2.75) is 0 Å². The van der Waals surface area contributed by atoms with Crippen LogP contribution in [-0.4, -0.2) is 38.6 Å².